The average Bonchev–Trinajstić information content (AvgIpc) is 2.98. The number of nitrogens with zero attached hydrogens (tertiary/aromatic N) is 1. The topological polar surface area (TPSA) is 80.6 Å². The molecule has 0 saturated heterocycles. The zero-order chi connectivity index (χ0) is 28.3. The van der Waals surface area contributed by atoms with Crippen LogP contribution in [0.1, 0.15) is 22.3 Å². The molecule has 202 valence electrons. The van der Waals surface area contributed by atoms with Gasteiger partial charge in [-0.2, -0.15) is 5.26 Å². The summed E-state index contributed by atoms with van der Waals surface area (Å²) in [5.41, 5.74) is 3.22. The number of hydrogen-bond acceptors (Lipinski definition) is 5. The highest BCUT2D eigenvalue weighted by Gasteiger charge is 2.14. The molecule has 8 heteroatoms. The van der Waals surface area contributed by atoms with E-state index in [1.54, 1.807) is 19.2 Å². The first-order valence-electron chi connectivity index (χ1n) is 12.4. The van der Waals surface area contributed by atoms with Crippen LogP contribution < -0.4 is 19.5 Å². The molecule has 0 spiro atoms. The van der Waals surface area contributed by atoms with E-state index in [9.17, 15) is 10.1 Å². The van der Waals surface area contributed by atoms with E-state index < -0.39 is 5.91 Å². The van der Waals surface area contributed by atoms with Crippen LogP contribution in [0.4, 0.5) is 0 Å². The van der Waals surface area contributed by atoms with Crippen molar-refractivity contribution in [3.8, 4) is 23.3 Å². The quantitative estimate of drug-likeness (QED) is 0.150. The molecule has 0 radical (unpaired) electrons. The number of amides is 1. The van der Waals surface area contributed by atoms with Gasteiger partial charge in [0, 0.05) is 6.54 Å². The molecule has 0 atom stereocenters. The van der Waals surface area contributed by atoms with Crippen molar-refractivity contribution in [3.63, 3.8) is 0 Å². The fraction of sp³-hybridized carbons (Fsp3) is 0.125. The van der Waals surface area contributed by atoms with Crippen molar-refractivity contribution in [2.75, 3.05) is 7.11 Å². The molecule has 4 aromatic carbocycles. The van der Waals surface area contributed by atoms with E-state index in [0.29, 0.717) is 30.2 Å². The summed E-state index contributed by atoms with van der Waals surface area (Å²) in [5.74, 6) is 0.979. The molecule has 0 aromatic heterocycles. The Labute approximate surface area is 243 Å². The Morgan fingerprint density at radius 2 is 1.45 bits per heavy atom. The number of rotatable bonds is 11. The number of methoxy groups -OCH3 is 1. The lowest BCUT2D eigenvalue weighted by Gasteiger charge is -2.14. The monoisotopic (exact) mass is 572 g/mol. The maximum Gasteiger partial charge on any atom is 0.262 e. The lowest BCUT2D eigenvalue weighted by atomic mass is 10.1. The third kappa shape index (κ3) is 7.79. The molecule has 0 aliphatic rings. The molecule has 6 nitrogen and oxygen atoms in total. The molecular weight excluding hydrogens is 547 g/mol. The molecule has 4 aromatic rings. The summed E-state index contributed by atoms with van der Waals surface area (Å²) in [4.78, 5) is 12.5. The van der Waals surface area contributed by atoms with Crippen LogP contribution in [0.5, 0.6) is 17.2 Å². The predicted octanol–water partition coefficient (Wildman–Crippen LogP) is 7.38. The number of ether oxygens (including phenoxy) is 3. The summed E-state index contributed by atoms with van der Waals surface area (Å²) < 4.78 is 17.3. The number of nitrogens with one attached hydrogen (secondary N) is 1. The summed E-state index contributed by atoms with van der Waals surface area (Å²) in [5, 5.41) is 12.8. The number of benzene rings is 4. The fourth-order valence-electron chi connectivity index (χ4n) is 3.80. The first kappa shape index (κ1) is 28.6. The van der Waals surface area contributed by atoms with Crippen LogP contribution in [-0.2, 0) is 24.6 Å². The molecule has 4 rings (SSSR count). The van der Waals surface area contributed by atoms with E-state index in [0.717, 1.165) is 16.7 Å². The molecule has 0 aliphatic carbocycles. The first-order chi connectivity index (χ1) is 19.5. The largest absolute Gasteiger partial charge is 0.493 e. The highest BCUT2D eigenvalue weighted by atomic mass is 35.5. The van der Waals surface area contributed by atoms with Gasteiger partial charge in [-0.15, -0.1) is 0 Å². The number of hydrogen-bond donors (Lipinski definition) is 1. The normalized spacial score (nSPS) is 10.9. The van der Waals surface area contributed by atoms with Crippen LogP contribution in [0.25, 0.3) is 6.08 Å². The molecule has 1 N–H and O–H groups in total. The van der Waals surface area contributed by atoms with Gasteiger partial charge in [-0.25, -0.2) is 0 Å². The summed E-state index contributed by atoms with van der Waals surface area (Å²) in [6, 6.07) is 29.9. The average molecular weight is 573 g/mol. The highest BCUT2D eigenvalue weighted by molar-refractivity contribution is 6.37. The Kier molecular flexibility index (Phi) is 10.1. The van der Waals surface area contributed by atoms with Crippen LogP contribution in [0.3, 0.4) is 0 Å². The number of carbonyl (C=O) groups excluding carboxylic acids is 1. The number of nitriles is 1. The van der Waals surface area contributed by atoms with Crippen LogP contribution in [-0.4, -0.2) is 13.0 Å². The zero-order valence-corrected chi connectivity index (χ0v) is 23.2. The van der Waals surface area contributed by atoms with Gasteiger partial charge in [-0.1, -0.05) is 89.9 Å². The van der Waals surface area contributed by atoms with Crippen LogP contribution >= 0.6 is 23.2 Å². The second-order valence-electron chi connectivity index (χ2n) is 8.70. The summed E-state index contributed by atoms with van der Waals surface area (Å²) in [6.07, 6.45) is 1.43. The van der Waals surface area contributed by atoms with Crippen LogP contribution in [0.15, 0.2) is 96.6 Å². The van der Waals surface area contributed by atoms with Gasteiger partial charge in [0.25, 0.3) is 5.91 Å². The summed E-state index contributed by atoms with van der Waals surface area (Å²) in [7, 11) is 1.58. The minimum absolute atomic E-state index is 0.0709. The molecule has 0 saturated carbocycles. The van der Waals surface area contributed by atoms with E-state index >= 15 is 0 Å². The van der Waals surface area contributed by atoms with Crippen molar-refractivity contribution < 1.29 is 19.0 Å². The Hall–Kier alpha value is -4.44. The van der Waals surface area contributed by atoms with Crippen molar-refractivity contribution in [3.05, 3.63) is 129 Å². The van der Waals surface area contributed by atoms with E-state index in [1.165, 1.54) is 6.08 Å². The van der Waals surface area contributed by atoms with Crippen molar-refractivity contribution in [1.82, 2.24) is 5.32 Å². The van der Waals surface area contributed by atoms with Crippen molar-refractivity contribution >= 4 is 35.2 Å². The Balaban J connectivity index is 1.40. The predicted molar refractivity (Wildman–Crippen MR) is 156 cm³/mol. The summed E-state index contributed by atoms with van der Waals surface area (Å²) >= 11 is 12.9. The molecule has 0 heterocycles. The molecule has 0 fully saturated rings. The number of carbonyl (C=O) groups is 1. The van der Waals surface area contributed by atoms with Gasteiger partial charge in [-0.05, 0) is 52.6 Å². The minimum atomic E-state index is -0.496. The first-order valence-corrected chi connectivity index (χ1v) is 13.1. The lowest BCUT2D eigenvalue weighted by molar-refractivity contribution is -0.117. The standard InChI is InChI=1S/C32H26Cl2N2O4/c1-38-30-17-24(12-13-29(30)39-20-23-10-6-3-7-11-23)21-40-31-27(33)15-25(16-28(31)34)14-26(18-35)32(37)36-19-22-8-4-2-5-9-22/h2-17H,19-21H2,1H3,(H,36,37)/b26-14+. The van der Waals surface area contributed by atoms with E-state index in [2.05, 4.69) is 5.32 Å². The van der Waals surface area contributed by atoms with E-state index in [-0.39, 0.29) is 28.0 Å². The van der Waals surface area contributed by atoms with Gasteiger partial charge in [0.2, 0.25) is 0 Å². The van der Waals surface area contributed by atoms with Crippen molar-refractivity contribution in [2.24, 2.45) is 0 Å². The second kappa shape index (κ2) is 14.1. The van der Waals surface area contributed by atoms with Crippen LogP contribution in [0.2, 0.25) is 10.0 Å². The van der Waals surface area contributed by atoms with E-state index in [1.807, 2.05) is 84.9 Å². The van der Waals surface area contributed by atoms with Gasteiger partial charge >= 0.3 is 0 Å². The molecule has 40 heavy (non-hydrogen) atoms. The van der Waals surface area contributed by atoms with E-state index in [4.69, 9.17) is 37.4 Å². The Bertz CT molecular complexity index is 1510. The van der Waals surface area contributed by atoms with Crippen molar-refractivity contribution in [2.45, 2.75) is 19.8 Å². The van der Waals surface area contributed by atoms with Crippen LogP contribution in [0, 0.1) is 11.3 Å². The number of halogens is 2. The Morgan fingerprint density at radius 3 is 2.08 bits per heavy atom. The van der Waals surface area contributed by atoms with Gasteiger partial charge in [0.05, 0.1) is 17.2 Å². The third-order valence-corrected chi connectivity index (χ3v) is 6.40. The molecule has 0 aliphatic heterocycles. The fourth-order valence-corrected chi connectivity index (χ4v) is 4.41. The zero-order valence-electron chi connectivity index (χ0n) is 21.7. The van der Waals surface area contributed by atoms with Gasteiger partial charge in [-0.3, -0.25) is 4.79 Å². The Morgan fingerprint density at radius 1 is 0.825 bits per heavy atom. The van der Waals surface area contributed by atoms with Gasteiger partial charge in [0.1, 0.15) is 24.9 Å². The minimum Gasteiger partial charge on any atom is -0.493 e. The second-order valence-corrected chi connectivity index (χ2v) is 9.51. The lowest BCUT2D eigenvalue weighted by Crippen LogP contribution is -2.23. The molecular formula is C32H26Cl2N2O4. The van der Waals surface area contributed by atoms with Gasteiger partial charge in [0.15, 0.2) is 17.2 Å². The maximum absolute atomic E-state index is 12.5. The SMILES string of the molecule is COc1cc(COc2c(Cl)cc(/C=C(\C#N)C(=O)NCc3ccccc3)cc2Cl)ccc1OCc1ccccc1. The third-order valence-electron chi connectivity index (χ3n) is 5.84. The summed E-state index contributed by atoms with van der Waals surface area (Å²) in [6.45, 7) is 0.897. The smallest absolute Gasteiger partial charge is 0.262 e. The molecule has 0 bridgehead atoms. The maximum atomic E-state index is 12.5. The molecule has 0 unspecified atom stereocenters. The highest BCUT2D eigenvalue weighted by Crippen LogP contribution is 2.36. The van der Waals surface area contributed by atoms with Crippen molar-refractivity contribution in [1.29, 1.82) is 5.26 Å². The van der Waals surface area contributed by atoms with Gasteiger partial charge < -0.3 is 19.5 Å². The molecule has 1 amide bonds.